The van der Waals surface area contributed by atoms with Gasteiger partial charge in [-0.2, -0.15) is 13.2 Å². The molecule has 0 saturated carbocycles. The van der Waals surface area contributed by atoms with Gasteiger partial charge in [-0.25, -0.2) is 0 Å². The van der Waals surface area contributed by atoms with Crippen molar-refractivity contribution >= 4 is 0 Å². The topological polar surface area (TPSA) is 43.7 Å². The quantitative estimate of drug-likeness (QED) is 0.720. The molecule has 1 aliphatic rings. The van der Waals surface area contributed by atoms with E-state index in [4.69, 9.17) is 0 Å². The number of alkyl halides is 3. The maximum absolute atomic E-state index is 12.5. The average molecular weight is 267 g/mol. The number of hydrogen-bond acceptors (Lipinski definition) is 3. The van der Waals surface area contributed by atoms with Crippen LogP contribution in [0.15, 0.2) is 12.7 Å². The predicted molar refractivity (Wildman–Crippen MR) is 62.1 cm³/mol. The second-order valence-electron chi connectivity index (χ2n) is 4.71. The van der Waals surface area contributed by atoms with Crippen LogP contribution in [0.3, 0.4) is 0 Å². The first kappa shape index (κ1) is 15.5. The minimum Gasteiger partial charge on any atom is -0.392 e. The van der Waals surface area contributed by atoms with Gasteiger partial charge in [-0.15, -0.1) is 6.58 Å². The van der Waals surface area contributed by atoms with Crippen LogP contribution in [0.5, 0.6) is 0 Å². The third-order valence-corrected chi connectivity index (χ3v) is 3.26. The fourth-order valence-electron chi connectivity index (χ4n) is 2.33. The number of allylic oxidation sites excluding steroid dienone is 1. The van der Waals surface area contributed by atoms with Gasteiger partial charge < -0.3 is 10.2 Å². The Balaban J connectivity index is 2.51. The van der Waals surface area contributed by atoms with Crippen LogP contribution in [-0.4, -0.2) is 52.6 Å². The van der Waals surface area contributed by atoms with E-state index in [9.17, 15) is 23.4 Å². The van der Waals surface area contributed by atoms with Crippen LogP contribution < -0.4 is 0 Å². The molecule has 0 aliphatic carbocycles. The molecular weight excluding hydrogens is 247 g/mol. The number of aliphatic hydroxyl groups excluding tert-OH is 2. The van der Waals surface area contributed by atoms with Crippen molar-refractivity contribution in [3.05, 3.63) is 12.7 Å². The van der Waals surface area contributed by atoms with Crippen molar-refractivity contribution in [1.29, 1.82) is 0 Å². The third kappa shape index (κ3) is 4.26. The highest BCUT2D eigenvalue weighted by molar-refractivity contribution is 4.89. The average Bonchev–Trinajstić information content (AvgIpc) is 2.72. The Hall–Kier alpha value is -0.590. The van der Waals surface area contributed by atoms with E-state index in [0.29, 0.717) is 32.2 Å². The van der Waals surface area contributed by atoms with Crippen molar-refractivity contribution in [3.8, 4) is 0 Å². The summed E-state index contributed by atoms with van der Waals surface area (Å²) in [6.07, 6.45) is -3.90. The standard InChI is InChI=1S/C12H20F3NO2/c1-2-3-5-9(17)8-16-7-4-6-10(16)11(18)12(13,14)15/h2,9-11,17-18H,1,3-8H2/t9-,10+,11+/m0/s1. The molecule has 0 aromatic rings. The highest BCUT2D eigenvalue weighted by atomic mass is 19.4. The van der Waals surface area contributed by atoms with E-state index in [2.05, 4.69) is 6.58 Å². The molecule has 0 bridgehead atoms. The first-order chi connectivity index (χ1) is 8.36. The van der Waals surface area contributed by atoms with Crippen molar-refractivity contribution in [2.75, 3.05) is 13.1 Å². The van der Waals surface area contributed by atoms with E-state index in [-0.39, 0.29) is 6.54 Å². The van der Waals surface area contributed by atoms with Crippen molar-refractivity contribution in [2.45, 2.75) is 50.1 Å². The summed E-state index contributed by atoms with van der Waals surface area (Å²) in [4.78, 5) is 1.53. The normalized spacial score (nSPS) is 25.1. The Morgan fingerprint density at radius 2 is 2.06 bits per heavy atom. The van der Waals surface area contributed by atoms with E-state index in [1.807, 2.05) is 0 Å². The maximum atomic E-state index is 12.5. The fourth-order valence-corrected chi connectivity index (χ4v) is 2.33. The number of nitrogens with zero attached hydrogens (tertiary/aromatic N) is 1. The first-order valence-electron chi connectivity index (χ1n) is 6.14. The summed E-state index contributed by atoms with van der Waals surface area (Å²) in [5.74, 6) is 0. The van der Waals surface area contributed by atoms with E-state index >= 15 is 0 Å². The zero-order valence-electron chi connectivity index (χ0n) is 10.2. The van der Waals surface area contributed by atoms with Crippen LogP contribution in [0.25, 0.3) is 0 Å². The minimum absolute atomic E-state index is 0.172. The molecule has 0 spiro atoms. The second kappa shape index (κ2) is 6.54. The molecule has 106 valence electrons. The fraction of sp³-hybridized carbons (Fsp3) is 0.833. The molecule has 0 radical (unpaired) electrons. The zero-order chi connectivity index (χ0) is 13.8. The summed E-state index contributed by atoms with van der Waals surface area (Å²) in [5, 5.41) is 19.0. The molecule has 1 aliphatic heterocycles. The molecule has 0 unspecified atom stereocenters. The second-order valence-corrected chi connectivity index (χ2v) is 4.71. The van der Waals surface area contributed by atoms with Gasteiger partial charge in [0.25, 0.3) is 0 Å². The number of hydrogen-bond donors (Lipinski definition) is 2. The van der Waals surface area contributed by atoms with E-state index < -0.39 is 24.4 Å². The molecule has 1 fully saturated rings. The van der Waals surface area contributed by atoms with Gasteiger partial charge in [0.1, 0.15) is 0 Å². The van der Waals surface area contributed by atoms with Gasteiger partial charge in [0.15, 0.2) is 6.10 Å². The summed E-state index contributed by atoms with van der Waals surface area (Å²) in [5.41, 5.74) is 0. The molecule has 3 atom stereocenters. The van der Waals surface area contributed by atoms with Gasteiger partial charge in [0, 0.05) is 12.6 Å². The number of aliphatic hydroxyl groups is 2. The minimum atomic E-state index is -4.60. The molecule has 1 rings (SSSR count). The van der Waals surface area contributed by atoms with Gasteiger partial charge in [-0.05, 0) is 32.2 Å². The lowest BCUT2D eigenvalue weighted by molar-refractivity contribution is -0.219. The predicted octanol–water partition coefficient (Wildman–Crippen LogP) is 1.70. The molecule has 0 aromatic carbocycles. The van der Waals surface area contributed by atoms with E-state index in [1.54, 1.807) is 6.08 Å². The summed E-state index contributed by atoms with van der Waals surface area (Å²) in [7, 11) is 0. The highest BCUT2D eigenvalue weighted by Gasteiger charge is 2.47. The monoisotopic (exact) mass is 267 g/mol. The Labute approximate surface area is 105 Å². The Morgan fingerprint density at radius 3 is 2.61 bits per heavy atom. The van der Waals surface area contributed by atoms with Gasteiger partial charge in [-0.3, -0.25) is 4.90 Å². The van der Waals surface area contributed by atoms with Crippen LogP contribution in [0, 0.1) is 0 Å². The molecule has 18 heavy (non-hydrogen) atoms. The van der Waals surface area contributed by atoms with Gasteiger partial charge in [-0.1, -0.05) is 6.08 Å². The molecule has 2 N–H and O–H groups in total. The Kier molecular flexibility index (Phi) is 5.62. The highest BCUT2D eigenvalue weighted by Crippen LogP contribution is 2.30. The Bertz CT molecular complexity index is 271. The van der Waals surface area contributed by atoms with Crippen LogP contribution >= 0.6 is 0 Å². The van der Waals surface area contributed by atoms with E-state index in [1.165, 1.54) is 4.90 Å². The van der Waals surface area contributed by atoms with Crippen LogP contribution in [0.4, 0.5) is 13.2 Å². The summed E-state index contributed by atoms with van der Waals surface area (Å²) in [6, 6.07) is -0.927. The van der Waals surface area contributed by atoms with Crippen molar-refractivity contribution in [1.82, 2.24) is 4.90 Å². The van der Waals surface area contributed by atoms with Crippen LogP contribution in [-0.2, 0) is 0 Å². The van der Waals surface area contributed by atoms with Gasteiger partial charge >= 0.3 is 6.18 Å². The lowest BCUT2D eigenvalue weighted by atomic mass is 10.1. The Morgan fingerprint density at radius 1 is 1.39 bits per heavy atom. The number of β-amino-alcohol motifs (C(OH)–C–C–N with tert-alkyl or cyclic N) is 1. The largest absolute Gasteiger partial charge is 0.415 e. The molecule has 1 heterocycles. The maximum Gasteiger partial charge on any atom is 0.415 e. The molecular formula is C12H20F3NO2. The number of rotatable bonds is 6. The van der Waals surface area contributed by atoms with Crippen molar-refractivity contribution in [2.24, 2.45) is 0 Å². The van der Waals surface area contributed by atoms with Crippen LogP contribution in [0.2, 0.25) is 0 Å². The molecule has 0 amide bonds. The number of likely N-dealkylation sites (tertiary alicyclic amines) is 1. The first-order valence-corrected chi connectivity index (χ1v) is 6.14. The zero-order valence-corrected chi connectivity index (χ0v) is 10.2. The van der Waals surface area contributed by atoms with Crippen LogP contribution in [0.1, 0.15) is 25.7 Å². The molecule has 6 heteroatoms. The molecule has 1 saturated heterocycles. The van der Waals surface area contributed by atoms with Crippen molar-refractivity contribution < 1.29 is 23.4 Å². The summed E-state index contributed by atoms with van der Waals surface area (Å²) in [6.45, 7) is 4.19. The molecule has 0 aromatic heterocycles. The van der Waals surface area contributed by atoms with E-state index in [0.717, 1.165) is 0 Å². The number of halogens is 3. The SMILES string of the molecule is C=CCC[C@H](O)CN1CCC[C@@H]1[C@@H](O)C(F)(F)F. The summed E-state index contributed by atoms with van der Waals surface area (Å²) < 4.78 is 37.4. The van der Waals surface area contributed by atoms with Gasteiger partial charge in [0.05, 0.1) is 6.10 Å². The summed E-state index contributed by atoms with van der Waals surface area (Å²) >= 11 is 0. The third-order valence-electron chi connectivity index (χ3n) is 3.26. The molecule has 3 nitrogen and oxygen atoms in total. The lowest BCUT2D eigenvalue weighted by Gasteiger charge is -2.31. The lowest BCUT2D eigenvalue weighted by Crippen LogP contribution is -2.48. The smallest absolute Gasteiger partial charge is 0.392 e. The van der Waals surface area contributed by atoms with Gasteiger partial charge in [0.2, 0.25) is 0 Å². The van der Waals surface area contributed by atoms with Crippen molar-refractivity contribution in [3.63, 3.8) is 0 Å².